The fourth-order valence-electron chi connectivity index (χ4n) is 8.32. The van der Waals surface area contributed by atoms with Crippen LogP contribution in [0.3, 0.4) is 0 Å². The van der Waals surface area contributed by atoms with Crippen LogP contribution in [0.4, 0.5) is 0 Å². The standard InChI is InChI=1S/C54H82N10O12/c1-12-30(8)44(54(75)76)63-52(73)42(24-34-17-19-36(66)20-18-34)61-50(71)43(25-35-26-56-39-16-14-13-15-37(35)39)62-49(70)40(22-28(4)5)59-47(68)32(10)57-46(67)31(9)58-53(74)45(33(11)65)64-51(72)41(23-29(6)7)60-48(69)38(55)21-27(2)3/h13-20,26-33,38,40-45,56,65-66H,12,21-25,55H2,1-11H3,(H,57,67)(H,58,74)(H,59,68)(H,60,69)(H,61,71)(H,62,70)(H,63,73)(H,64,72)(H,75,76)/t30-,31-,32-,33+,38-,40-,41-,42-,43-,44-,45-/m0/s1. The number of phenolic OH excluding ortho intramolecular Hbond substituents is 1. The Morgan fingerprint density at radius 2 is 0.974 bits per heavy atom. The number of aromatic hydroxyl groups is 1. The predicted octanol–water partition coefficient (Wildman–Crippen LogP) is 1.55. The Morgan fingerprint density at radius 3 is 1.50 bits per heavy atom. The number of rotatable bonds is 30. The molecule has 2 aromatic carbocycles. The lowest BCUT2D eigenvalue weighted by Crippen LogP contribution is -2.61. The molecule has 0 radical (unpaired) electrons. The number of para-hydroxylation sites is 1. The van der Waals surface area contributed by atoms with Crippen LogP contribution < -0.4 is 48.3 Å². The number of aliphatic hydroxyl groups is 1. The normalized spacial score (nSPS) is 15.8. The quantitative estimate of drug-likeness (QED) is 0.0451. The van der Waals surface area contributed by atoms with Gasteiger partial charge < -0.3 is 68.6 Å². The number of nitrogens with one attached hydrogen (secondary N) is 9. The minimum atomic E-state index is -1.56. The number of phenols is 1. The van der Waals surface area contributed by atoms with Gasteiger partial charge in [-0.15, -0.1) is 0 Å². The molecule has 0 spiro atoms. The van der Waals surface area contributed by atoms with Gasteiger partial charge in [0, 0.05) is 29.9 Å². The van der Waals surface area contributed by atoms with Gasteiger partial charge in [-0.25, -0.2) is 4.79 Å². The van der Waals surface area contributed by atoms with E-state index < -0.39 is 120 Å². The smallest absolute Gasteiger partial charge is 0.326 e. The fourth-order valence-corrected chi connectivity index (χ4v) is 8.32. The van der Waals surface area contributed by atoms with Crippen LogP contribution in [-0.2, 0) is 56.0 Å². The second kappa shape index (κ2) is 29.9. The van der Waals surface area contributed by atoms with E-state index >= 15 is 0 Å². The minimum Gasteiger partial charge on any atom is -0.508 e. The molecule has 22 nitrogen and oxygen atoms in total. The van der Waals surface area contributed by atoms with E-state index in [-0.39, 0.29) is 49.2 Å². The van der Waals surface area contributed by atoms with E-state index in [0.717, 1.165) is 10.9 Å². The number of carboxylic acids is 1. The molecular formula is C54H82N10O12. The van der Waals surface area contributed by atoms with E-state index in [0.29, 0.717) is 24.0 Å². The number of benzene rings is 2. The van der Waals surface area contributed by atoms with Crippen molar-refractivity contribution in [2.75, 3.05) is 0 Å². The van der Waals surface area contributed by atoms with Gasteiger partial charge in [-0.05, 0) is 93.0 Å². The van der Waals surface area contributed by atoms with Crippen LogP contribution in [0, 0.1) is 23.7 Å². The van der Waals surface area contributed by atoms with Crippen molar-refractivity contribution < 1.29 is 58.5 Å². The third-order valence-corrected chi connectivity index (χ3v) is 12.8. The van der Waals surface area contributed by atoms with Crippen LogP contribution in [0.25, 0.3) is 10.9 Å². The van der Waals surface area contributed by atoms with Gasteiger partial charge in [-0.1, -0.05) is 92.1 Å². The first-order chi connectivity index (χ1) is 35.6. The zero-order valence-electron chi connectivity index (χ0n) is 45.6. The zero-order chi connectivity index (χ0) is 57.1. The number of aliphatic carboxylic acids is 1. The van der Waals surface area contributed by atoms with Gasteiger partial charge in [-0.3, -0.25) is 38.4 Å². The average molecular weight is 1060 g/mol. The third kappa shape index (κ3) is 19.9. The maximum atomic E-state index is 14.5. The highest BCUT2D eigenvalue weighted by Crippen LogP contribution is 2.21. The molecule has 22 heteroatoms. The number of H-pyrrole nitrogens is 1. The molecule has 76 heavy (non-hydrogen) atoms. The molecule has 0 aliphatic heterocycles. The number of fused-ring (bicyclic) bond motifs is 1. The molecule has 0 fully saturated rings. The summed E-state index contributed by atoms with van der Waals surface area (Å²) < 4.78 is 0. The molecule has 0 saturated heterocycles. The first kappa shape index (κ1) is 63.2. The highest BCUT2D eigenvalue weighted by Gasteiger charge is 2.36. The largest absolute Gasteiger partial charge is 0.508 e. The van der Waals surface area contributed by atoms with Crippen LogP contribution in [0.2, 0.25) is 0 Å². The summed E-state index contributed by atoms with van der Waals surface area (Å²) in [6.07, 6.45) is 1.08. The summed E-state index contributed by atoms with van der Waals surface area (Å²) in [5.74, 6) is -8.16. The number of hydrogen-bond acceptors (Lipinski definition) is 12. The first-order valence-electron chi connectivity index (χ1n) is 26.0. The van der Waals surface area contributed by atoms with Crippen molar-refractivity contribution in [3.8, 4) is 5.75 Å². The minimum absolute atomic E-state index is 0.0402. The average Bonchev–Trinajstić information content (AvgIpc) is 3.75. The van der Waals surface area contributed by atoms with Crippen molar-refractivity contribution in [1.29, 1.82) is 0 Å². The molecule has 0 bridgehead atoms. The Labute approximate surface area is 445 Å². The Morgan fingerprint density at radius 1 is 0.526 bits per heavy atom. The number of aliphatic hydroxyl groups excluding tert-OH is 1. The highest BCUT2D eigenvalue weighted by atomic mass is 16.4. The summed E-state index contributed by atoms with van der Waals surface area (Å²) in [6, 6.07) is 1.76. The van der Waals surface area contributed by atoms with Crippen LogP contribution in [0.1, 0.15) is 113 Å². The maximum absolute atomic E-state index is 14.5. The molecule has 8 amide bonds. The van der Waals surface area contributed by atoms with Crippen molar-refractivity contribution in [3.63, 3.8) is 0 Å². The van der Waals surface area contributed by atoms with Crippen LogP contribution in [0.5, 0.6) is 5.75 Å². The first-order valence-corrected chi connectivity index (χ1v) is 26.0. The lowest BCUT2D eigenvalue weighted by Gasteiger charge is -2.28. The number of aromatic nitrogens is 1. The van der Waals surface area contributed by atoms with Gasteiger partial charge >= 0.3 is 5.97 Å². The Hall–Kier alpha value is -7.07. The van der Waals surface area contributed by atoms with Crippen molar-refractivity contribution >= 4 is 64.1 Å². The molecule has 3 aromatic rings. The lowest BCUT2D eigenvalue weighted by atomic mass is 9.97. The summed E-state index contributed by atoms with van der Waals surface area (Å²) in [6.45, 7) is 18.5. The lowest BCUT2D eigenvalue weighted by molar-refractivity contribution is -0.144. The van der Waals surface area contributed by atoms with Gasteiger partial charge in [0.05, 0.1) is 12.1 Å². The topological polar surface area (TPSA) is 352 Å². The number of carboxylic acid groups (broad SMARTS) is 1. The Kier molecular flexibility index (Phi) is 24.8. The van der Waals surface area contributed by atoms with Gasteiger partial charge in [0.25, 0.3) is 0 Å². The molecule has 0 unspecified atom stereocenters. The molecule has 14 N–H and O–H groups in total. The summed E-state index contributed by atoms with van der Waals surface area (Å²) in [7, 11) is 0. The fraction of sp³-hybridized carbons (Fsp3) is 0.574. The van der Waals surface area contributed by atoms with E-state index in [1.54, 1.807) is 52.1 Å². The molecule has 0 saturated carbocycles. The molecule has 0 aliphatic carbocycles. The summed E-state index contributed by atoms with van der Waals surface area (Å²) in [5.41, 5.74) is 7.94. The molecular weight excluding hydrogens is 981 g/mol. The maximum Gasteiger partial charge on any atom is 0.326 e. The third-order valence-electron chi connectivity index (χ3n) is 12.8. The molecule has 420 valence electrons. The number of hydrogen-bond donors (Lipinski definition) is 13. The zero-order valence-corrected chi connectivity index (χ0v) is 45.6. The van der Waals surface area contributed by atoms with Crippen molar-refractivity contribution in [3.05, 3.63) is 65.9 Å². The van der Waals surface area contributed by atoms with E-state index in [1.807, 2.05) is 45.9 Å². The number of aromatic amines is 1. The molecule has 11 atom stereocenters. The summed E-state index contributed by atoms with van der Waals surface area (Å²) in [4.78, 5) is 125. The van der Waals surface area contributed by atoms with E-state index in [1.165, 1.54) is 32.9 Å². The number of nitrogens with two attached hydrogens (primary N) is 1. The van der Waals surface area contributed by atoms with Crippen LogP contribution in [0.15, 0.2) is 54.7 Å². The van der Waals surface area contributed by atoms with Gasteiger partial charge in [0.15, 0.2) is 0 Å². The number of amides is 8. The van der Waals surface area contributed by atoms with Gasteiger partial charge in [-0.2, -0.15) is 0 Å². The van der Waals surface area contributed by atoms with Crippen LogP contribution >= 0.6 is 0 Å². The SMILES string of the molecule is CC[C@H](C)[C@H](NC(=O)[C@H](Cc1ccc(O)cc1)NC(=O)[C@H](Cc1c[nH]c2ccccc12)NC(=O)[C@H](CC(C)C)NC(=O)[C@H](C)NC(=O)[C@H](C)NC(=O)[C@@H](NC(=O)[C@H](CC(C)C)NC(=O)[C@@H](N)CC(C)C)[C@@H](C)O)C(=O)O. The second-order valence-electron chi connectivity index (χ2n) is 21.1. The van der Waals surface area contributed by atoms with Crippen LogP contribution in [-0.4, -0.2) is 134 Å². The summed E-state index contributed by atoms with van der Waals surface area (Å²) in [5, 5.41) is 52.0. The van der Waals surface area contributed by atoms with Gasteiger partial charge in [0.1, 0.15) is 54.1 Å². The Balaban J connectivity index is 1.83. The van der Waals surface area contributed by atoms with E-state index in [9.17, 15) is 58.5 Å². The molecule has 1 aromatic heterocycles. The molecule has 0 aliphatic rings. The van der Waals surface area contributed by atoms with Gasteiger partial charge in [0.2, 0.25) is 47.3 Å². The molecule has 3 rings (SSSR count). The van der Waals surface area contributed by atoms with Crippen molar-refractivity contribution in [1.82, 2.24) is 47.5 Å². The van der Waals surface area contributed by atoms with Crippen molar-refractivity contribution in [2.45, 2.75) is 175 Å². The number of carbonyl (C=O) groups excluding carboxylic acids is 8. The monoisotopic (exact) mass is 1060 g/mol. The summed E-state index contributed by atoms with van der Waals surface area (Å²) >= 11 is 0. The second-order valence-corrected chi connectivity index (χ2v) is 21.1. The molecule has 1 heterocycles. The van der Waals surface area contributed by atoms with E-state index in [2.05, 4.69) is 47.5 Å². The van der Waals surface area contributed by atoms with Crippen molar-refractivity contribution in [2.24, 2.45) is 29.4 Å². The number of carbonyl (C=O) groups is 9. The van der Waals surface area contributed by atoms with E-state index in [4.69, 9.17) is 5.73 Å². The predicted molar refractivity (Wildman–Crippen MR) is 286 cm³/mol. The Bertz CT molecular complexity index is 2460. The highest BCUT2D eigenvalue weighted by molar-refractivity contribution is 5.98.